The quantitative estimate of drug-likeness (QED) is 0.858. The number of rotatable bonds is 5. The average Bonchev–Trinajstić information content (AvgIpc) is 2.34. The van der Waals surface area contributed by atoms with Crippen molar-refractivity contribution in [1.29, 1.82) is 0 Å². The van der Waals surface area contributed by atoms with E-state index in [2.05, 4.69) is 5.32 Å². The van der Waals surface area contributed by atoms with Crippen molar-refractivity contribution in [2.24, 2.45) is 5.14 Å². The lowest BCUT2D eigenvalue weighted by atomic mass is 10.1. The van der Waals surface area contributed by atoms with Gasteiger partial charge < -0.3 is 5.32 Å². The van der Waals surface area contributed by atoms with Gasteiger partial charge in [-0.25, -0.2) is 17.9 Å². The fourth-order valence-electron chi connectivity index (χ4n) is 1.61. The monoisotopic (exact) mass is 288 g/mol. The minimum absolute atomic E-state index is 0.0787. The van der Waals surface area contributed by atoms with E-state index in [0.29, 0.717) is 12.8 Å². The molecule has 0 fully saturated rings. The highest BCUT2D eigenvalue weighted by Crippen LogP contribution is 2.14. The smallest absolute Gasteiger partial charge is 0.254 e. The number of nitrogens with two attached hydrogens (primary N) is 1. The number of nitrogens with one attached hydrogen (secondary N) is 1. The van der Waals surface area contributed by atoms with Gasteiger partial charge >= 0.3 is 0 Å². The number of carbonyl (C=O) groups excluding carboxylic acids is 1. The fraction of sp³-hybridized carbons (Fsp3) is 0.417. The summed E-state index contributed by atoms with van der Waals surface area (Å²) < 4.78 is 35.9. The molecule has 5 nitrogen and oxygen atoms in total. The summed E-state index contributed by atoms with van der Waals surface area (Å²) in [6.45, 7) is 3.79. The first-order valence-electron chi connectivity index (χ1n) is 5.92. The lowest BCUT2D eigenvalue weighted by Crippen LogP contribution is -2.34. The molecule has 3 N–H and O–H groups in total. The molecule has 0 spiro atoms. The van der Waals surface area contributed by atoms with Gasteiger partial charge in [0.25, 0.3) is 5.91 Å². The van der Waals surface area contributed by atoms with Gasteiger partial charge in [0.2, 0.25) is 10.0 Å². The molecule has 106 valence electrons. The van der Waals surface area contributed by atoms with Crippen LogP contribution in [0.5, 0.6) is 0 Å². The summed E-state index contributed by atoms with van der Waals surface area (Å²) in [7, 11) is -3.96. The average molecular weight is 288 g/mol. The third kappa shape index (κ3) is 4.00. The van der Waals surface area contributed by atoms with E-state index in [1.54, 1.807) is 0 Å². The largest absolute Gasteiger partial charge is 0.349 e. The van der Waals surface area contributed by atoms with Crippen molar-refractivity contribution in [1.82, 2.24) is 5.32 Å². The molecule has 7 heteroatoms. The SMILES string of the molecule is CCC(CC)NC(=O)c1cc(S(N)(=O)=O)ccc1F. The number of halogens is 1. The van der Waals surface area contributed by atoms with Gasteiger partial charge in [-0.3, -0.25) is 4.79 Å². The normalized spacial score (nSPS) is 11.6. The van der Waals surface area contributed by atoms with Crippen LogP contribution in [0.3, 0.4) is 0 Å². The summed E-state index contributed by atoms with van der Waals surface area (Å²) in [5, 5.41) is 7.59. The lowest BCUT2D eigenvalue weighted by Gasteiger charge is -2.15. The molecule has 0 bridgehead atoms. The molecular weight excluding hydrogens is 271 g/mol. The van der Waals surface area contributed by atoms with Crippen LogP contribution in [0.25, 0.3) is 0 Å². The van der Waals surface area contributed by atoms with E-state index in [0.717, 1.165) is 18.2 Å². The molecule has 0 aromatic heterocycles. The second-order valence-corrected chi connectivity index (χ2v) is 5.73. The first kappa shape index (κ1) is 15.6. The highest BCUT2D eigenvalue weighted by molar-refractivity contribution is 7.89. The zero-order valence-corrected chi connectivity index (χ0v) is 11.6. The van der Waals surface area contributed by atoms with Crippen molar-refractivity contribution in [3.05, 3.63) is 29.6 Å². The van der Waals surface area contributed by atoms with Crippen molar-refractivity contribution in [2.75, 3.05) is 0 Å². The second-order valence-electron chi connectivity index (χ2n) is 4.17. The highest BCUT2D eigenvalue weighted by Gasteiger charge is 2.18. The van der Waals surface area contributed by atoms with Crippen molar-refractivity contribution in [3.63, 3.8) is 0 Å². The van der Waals surface area contributed by atoms with Crippen molar-refractivity contribution >= 4 is 15.9 Å². The van der Waals surface area contributed by atoms with E-state index in [4.69, 9.17) is 5.14 Å². The number of carbonyl (C=O) groups is 1. The molecular formula is C12H17FN2O3S. The van der Waals surface area contributed by atoms with Crippen LogP contribution in [-0.4, -0.2) is 20.4 Å². The Morgan fingerprint density at radius 2 is 1.95 bits per heavy atom. The van der Waals surface area contributed by atoms with E-state index >= 15 is 0 Å². The predicted octanol–water partition coefficient (Wildman–Crippen LogP) is 1.39. The van der Waals surface area contributed by atoms with Crippen LogP contribution in [0, 0.1) is 5.82 Å². The Balaban J connectivity index is 3.09. The maximum Gasteiger partial charge on any atom is 0.254 e. The van der Waals surface area contributed by atoms with Crippen molar-refractivity contribution in [3.8, 4) is 0 Å². The summed E-state index contributed by atoms with van der Waals surface area (Å²) in [6, 6.07) is 2.81. The summed E-state index contributed by atoms with van der Waals surface area (Å²) in [4.78, 5) is 11.6. The topological polar surface area (TPSA) is 89.3 Å². The summed E-state index contributed by atoms with van der Waals surface area (Å²) in [5.41, 5.74) is -0.321. The third-order valence-corrected chi connectivity index (χ3v) is 3.74. The number of hydrogen-bond acceptors (Lipinski definition) is 3. The maximum absolute atomic E-state index is 13.6. The Morgan fingerprint density at radius 1 is 1.37 bits per heavy atom. The number of benzene rings is 1. The molecule has 0 aliphatic rings. The summed E-state index contributed by atoms with van der Waals surface area (Å²) in [5.74, 6) is -1.42. The molecule has 0 saturated heterocycles. The van der Waals surface area contributed by atoms with Gasteiger partial charge in [0.1, 0.15) is 5.82 Å². The molecule has 1 amide bonds. The fourth-order valence-corrected chi connectivity index (χ4v) is 2.15. The van der Waals surface area contributed by atoms with Gasteiger partial charge in [-0.2, -0.15) is 0 Å². The Morgan fingerprint density at radius 3 is 2.42 bits per heavy atom. The van der Waals surface area contributed by atoms with Crippen LogP contribution in [0.15, 0.2) is 23.1 Å². The van der Waals surface area contributed by atoms with Crippen LogP contribution >= 0.6 is 0 Å². The van der Waals surface area contributed by atoms with Crippen LogP contribution in [0.2, 0.25) is 0 Å². The molecule has 1 aromatic rings. The Hall–Kier alpha value is -1.47. The molecule has 0 heterocycles. The van der Waals surface area contributed by atoms with Gasteiger partial charge in [-0.05, 0) is 31.0 Å². The van der Waals surface area contributed by atoms with Crippen molar-refractivity contribution in [2.45, 2.75) is 37.6 Å². The zero-order chi connectivity index (χ0) is 14.6. The van der Waals surface area contributed by atoms with Crippen LogP contribution in [0.4, 0.5) is 4.39 Å². The maximum atomic E-state index is 13.6. The number of hydrogen-bond donors (Lipinski definition) is 2. The second kappa shape index (κ2) is 6.12. The number of amides is 1. The molecule has 0 saturated carbocycles. The Bertz CT molecular complexity index is 568. The zero-order valence-electron chi connectivity index (χ0n) is 10.8. The van der Waals surface area contributed by atoms with Crippen LogP contribution in [0.1, 0.15) is 37.0 Å². The van der Waals surface area contributed by atoms with Gasteiger partial charge in [0, 0.05) is 6.04 Å². The van der Waals surface area contributed by atoms with E-state index < -0.39 is 21.7 Å². The molecule has 0 atom stereocenters. The van der Waals surface area contributed by atoms with E-state index in [-0.39, 0.29) is 16.5 Å². The third-order valence-electron chi connectivity index (χ3n) is 2.83. The highest BCUT2D eigenvalue weighted by atomic mass is 32.2. The first-order valence-corrected chi connectivity index (χ1v) is 7.47. The first-order chi connectivity index (χ1) is 8.79. The lowest BCUT2D eigenvalue weighted by molar-refractivity contribution is 0.0930. The minimum atomic E-state index is -3.96. The van der Waals surface area contributed by atoms with E-state index in [9.17, 15) is 17.6 Å². The molecule has 19 heavy (non-hydrogen) atoms. The van der Waals surface area contributed by atoms with Gasteiger partial charge in [-0.15, -0.1) is 0 Å². The number of sulfonamides is 1. The molecule has 1 aromatic carbocycles. The predicted molar refractivity (Wildman–Crippen MR) is 69.6 cm³/mol. The Kier molecular flexibility index (Phi) is 5.02. The summed E-state index contributed by atoms with van der Waals surface area (Å²) in [6.07, 6.45) is 1.41. The molecule has 0 unspecified atom stereocenters. The van der Waals surface area contributed by atoms with Gasteiger partial charge in [-0.1, -0.05) is 13.8 Å². The molecule has 0 aliphatic carbocycles. The van der Waals surface area contributed by atoms with Gasteiger partial charge in [0.05, 0.1) is 10.5 Å². The van der Waals surface area contributed by atoms with Crippen molar-refractivity contribution < 1.29 is 17.6 Å². The Labute approximate surface area is 112 Å². The number of primary sulfonamides is 1. The molecule has 0 aliphatic heterocycles. The molecule has 0 radical (unpaired) electrons. The standard InChI is InChI=1S/C12H17FN2O3S/c1-3-8(4-2)15-12(16)10-7-9(19(14,17)18)5-6-11(10)13/h5-8H,3-4H2,1-2H3,(H,15,16)(H2,14,17,18). The summed E-state index contributed by atoms with van der Waals surface area (Å²) >= 11 is 0. The molecule has 1 rings (SSSR count). The minimum Gasteiger partial charge on any atom is -0.349 e. The van der Waals surface area contributed by atoms with E-state index in [1.807, 2.05) is 13.8 Å². The van der Waals surface area contributed by atoms with Crippen LogP contribution < -0.4 is 10.5 Å². The van der Waals surface area contributed by atoms with Gasteiger partial charge in [0.15, 0.2) is 0 Å². The van der Waals surface area contributed by atoms with Crippen LogP contribution in [-0.2, 0) is 10.0 Å². The van der Waals surface area contributed by atoms with E-state index in [1.165, 1.54) is 0 Å².